The molecule has 1 aliphatic heterocycles. The van der Waals surface area contributed by atoms with Gasteiger partial charge in [-0.3, -0.25) is 14.3 Å². The number of aromatic amines is 1. The van der Waals surface area contributed by atoms with Gasteiger partial charge in [0.25, 0.3) is 5.56 Å². The number of aliphatic carboxylic acids is 1. The minimum Gasteiger partial charge on any atom is -0.480 e. The Morgan fingerprint density at radius 3 is 2.95 bits per heavy atom. The van der Waals surface area contributed by atoms with Gasteiger partial charge in [0.05, 0.1) is 6.61 Å². The number of rotatable bonds is 5. The van der Waals surface area contributed by atoms with Crippen LogP contribution in [-0.2, 0) is 14.3 Å². The number of carboxylic acid groups (broad SMARTS) is 1. The maximum Gasteiger partial charge on any atom is 0.330 e. The Kier molecular flexibility index (Phi) is 4.16. The molecule has 2 N–H and O–H groups in total. The van der Waals surface area contributed by atoms with Crippen molar-refractivity contribution in [3.8, 4) is 0 Å². The molecule has 1 aromatic rings. The summed E-state index contributed by atoms with van der Waals surface area (Å²) in [6.07, 6.45) is 3.67. The summed E-state index contributed by atoms with van der Waals surface area (Å²) in [5.74, 6) is -1.06. The van der Waals surface area contributed by atoms with E-state index in [1.165, 1.54) is 10.8 Å². The van der Waals surface area contributed by atoms with Gasteiger partial charge in [-0.25, -0.2) is 9.59 Å². The van der Waals surface area contributed by atoms with Crippen LogP contribution in [0.25, 0.3) is 0 Å². The topological polar surface area (TPSA) is 111 Å². The van der Waals surface area contributed by atoms with Gasteiger partial charge in [0.15, 0.2) is 6.23 Å². The van der Waals surface area contributed by atoms with Crippen LogP contribution in [0, 0.1) is 6.92 Å². The number of H-pyrrole nitrogens is 1. The summed E-state index contributed by atoms with van der Waals surface area (Å²) in [6.45, 7) is 1.26. The Labute approximate surface area is 113 Å². The maximum absolute atomic E-state index is 11.7. The van der Waals surface area contributed by atoms with E-state index >= 15 is 0 Å². The van der Waals surface area contributed by atoms with Crippen molar-refractivity contribution in [3.63, 3.8) is 0 Å². The summed E-state index contributed by atoms with van der Waals surface area (Å²) in [6, 6.07) is 0. The third-order valence-corrected chi connectivity index (χ3v) is 2.73. The van der Waals surface area contributed by atoms with E-state index in [-0.39, 0.29) is 6.61 Å². The number of carboxylic acids is 1. The Morgan fingerprint density at radius 2 is 2.25 bits per heavy atom. The van der Waals surface area contributed by atoms with Gasteiger partial charge in [0, 0.05) is 11.8 Å². The number of nitrogens with one attached hydrogen (secondary N) is 1. The second kappa shape index (κ2) is 5.85. The van der Waals surface area contributed by atoms with E-state index in [9.17, 15) is 14.4 Å². The van der Waals surface area contributed by atoms with Crippen LogP contribution in [0.2, 0.25) is 0 Å². The van der Waals surface area contributed by atoms with Gasteiger partial charge < -0.3 is 14.6 Å². The van der Waals surface area contributed by atoms with Gasteiger partial charge >= 0.3 is 11.7 Å². The zero-order valence-corrected chi connectivity index (χ0v) is 10.7. The van der Waals surface area contributed by atoms with Crippen LogP contribution < -0.4 is 11.2 Å². The quantitative estimate of drug-likeness (QED) is 0.698. The predicted molar refractivity (Wildman–Crippen MR) is 67.6 cm³/mol. The van der Waals surface area contributed by atoms with E-state index in [0.717, 1.165) is 0 Å². The van der Waals surface area contributed by atoms with Crippen molar-refractivity contribution in [1.82, 2.24) is 9.55 Å². The monoisotopic (exact) mass is 282 g/mol. The number of hydrogen-bond acceptors (Lipinski definition) is 5. The van der Waals surface area contributed by atoms with Crippen molar-refractivity contribution in [2.75, 3.05) is 13.2 Å². The SMILES string of the molecule is Cc1cn([C@H]2C=C[C@@H](COCC(=O)O)O2)c(=O)[nH]c1=O. The minimum atomic E-state index is -1.06. The van der Waals surface area contributed by atoms with Crippen molar-refractivity contribution in [2.45, 2.75) is 19.3 Å². The highest BCUT2D eigenvalue weighted by molar-refractivity contribution is 5.67. The first-order valence-corrected chi connectivity index (χ1v) is 5.93. The van der Waals surface area contributed by atoms with Gasteiger partial charge in [-0.2, -0.15) is 0 Å². The summed E-state index contributed by atoms with van der Waals surface area (Å²) in [7, 11) is 0. The first-order chi connectivity index (χ1) is 9.47. The van der Waals surface area contributed by atoms with Crippen LogP contribution in [0.5, 0.6) is 0 Å². The van der Waals surface area contributed by atoms with Crippen LogP contribution in [0.1, 0.15) is 11.8 Å². The normalized spacial score (nSPS) is 21.2. The van der Waals surface area contributed by atoms with Crippen molar-refractivity contribution in [1.29, 1.82) is 0 Å². The van der Waals surface area contributed by atoms with Crippen molar-refractivity contribution in [3.05, 3.63) is 44.8 Å². The fourth-order valence-corrected chi connectivity index (χ4v) is 1.78. The molecule has 0 bridgehead atoms. The molecule has 0 saturated heterocycles. The fourth-order valence-electron chi connectivity index (χ4n) is 1.78. The molecule has 2 rings (SSSR count). The lowest BCUT2D eigenvalue weighted by Gasteiger charge is -2.16. The molecule has 0 aromatic carbocycles. The van der Waals surface area contributed by atoms with Crippen LogP contribution in [0.15, 0.2) is 27.9 Å². The fraction of sp³-hybridized carbons (Fsp3) is 0.417. The molecule has 0 aliphatic carbocycles. The van der Waals surface area contributed by atoms with Gasteiger partial charge in [-0.15, -0.1) is 0 Å². The lowest BCUT2D eigenvalue weighted by atomic mass is 10.3. The van der Waals surface area contributed by atoms with Gasteiger partial charge in [0.2, 0.25) is 0 Å². The standard InChI is InChI=1S/C12H14N2O6/c1-7-4-14(12(18)13-11(7)17)9-3-2-8(20-9)5-19-6-10(15)16/h2-4,8-9H,5-6H2,1H3,(H,15,16)(H,13,17,18)/t8-,9+/m0/s1. The lowest BCUT2D eigenvalue weighted by molar-refractivity contribution is -0.143. The molecule has 0 spiro atoms. The first kappa shape index (κ1) is 14.2. The average Bonchev–Trinajstić information content (AvgIpc) is 2.82. The molecule has 8 nitrogen and oxygen atoms in total. The predicted octanol–water partition coefficient (Wildman–Crippen LogP) is -0.600. The first-order valence-electron chi connectivity index (χ1n) is 5.93. The van der Waals surface area contributed by atoms with Crippen molar-refractivity contribution in [2.24, 2.45) is 0 Å². The third-order valence-electron chi connectivity index (χ3n) is 2.73. The number of hydrogen-bond donors (Lipinski definition) is 2. The number of aryl methyl sites for hydroxylation is 1. The largest absolute Gasteiger partial charge is 0.480 e. The molecule has 0 radical (unpaired) electrons. The smallest absolute Gasteiger partial charge is 0.330 e. The molecular weight excluding hydrogens is 268 g/mol. The Bertz CT molecular complexity index is 644. The molecule has 8 heteroatoms. The highest BCUT2D eigenvalue weighted by Gasteiger charge is 2.22. The number of aromatic nitrogens is 2. The number of ether oxygens (including phenoxy) is 2. The van der Waals surface area contributed by atoms with Crippen LogP contribution >= 0.6 is 0 Å². The lowest BCUT2D eigenvalue weighted by Crippen LogP contribution is -2.33. The van der Waals surface area contributed by atoms with E-state index in [4.69, 9.17) is 14.6 Å². The zero-order chi connectivity index (χ0) is 14.7. The molecular formula is C12H14N2O6. The molecule has 108 valence electrons. The van der Waals surface area contributed by atoms with E-state index < -0.39 is 36.2 Å². The molecule has 20 heavy (non-hydrogen) atoms. The van der Waals surface area contributed by atoms with Crippen LogP contribution in [0.4, 0.5) is 0 Å². The molecule has 2 heterocycles. The summed E-state index contributed by atoms with van der Waals surface area (Å²) in [4.78, 5) is 35.4. The van der Waals surface area contributed by atoms with E-state index in [1.807, 2.05) is 0 Å². The van der Waals surface area contributed by atoms with Crippen LogP contribution in [-0.4, -0.2) is 39.9 Å². The molecule has 0 unspecified atom stereocenters. The number of nitrogens with zero attached hydrogens (tertiary/aromatic N) is 1. The Morgan fingerprint density at radius 1 is 1.50 bits per heavy atom. The molecule has 0 amide bonds. The molecule has 1 aliphatic rings. The Hall–Kier alpha value is -2.19. The molecule has 2 atom stereocenters. The summed E-state index contributed by atoms with van der Waals surface area (Å²) in [5.41, 5.74) is -0.607. The highest BCUT2D eigenvalue weighted by atomic mass is 16.6. The van der Waals surface area contributed by atoms with Gasteiger partial charge in [0.1, 0.15) is 12.7 Å². The van der Waals surface area contributed by atoms with E-state index in [2.05, 4.69) is 4.98 Å². The summed E-state index contributed by atoms with van der Waals surface area (Å²) in [5, 5.41) is 8.45. The highest BCUT2D eigenvalue weighted by Crippen LogP contribution is 2.19. The van der Waals surface area contributed by atoms with E-state index in [0.29, 0.717) is 5.56 Å². The second-order valence-electron chi connectivity index (χ2n) is 4.34. The molecule has 0 saturated carbocycles. The van der Waals surface area contributed by atoms with Crippen molar-refractivity contribution < 1.29 is 19.4 Å². The third kappa shape index (κ3) is 3.22. The average molecular weight is 282 g/mol. The van der Waals surface area contributed by atoms with Crippen molar-refractivity contribution >= 4 is 5.97 Å². The van der Waals surface area contributed by atoms with Crippen LogP contribution in [0.3, 0.4) is 0 Å². The molecule has 0 fully saturated rings. The maximum atomic E-state index is 11.7. The van der Waals surface area contributed by atoms with Gasteiger partial charge in [-0.05, 0) is 13.0 Å². The summed E-state index contributed by atoms with van der Waals surface area (Å²) >= 11 is 0. The second-order valence-corrected chi connectivity index (χ2v) is 4.34. The Balaban J connectivity index is 2.02. The summed E-state index contributed by atoms with van der Waals surface area (Å²) < 4.78 is 11.7. The minimum absolute atomic E-state index is 0.0797. The zero-order valence-electron chi connectivity index (χ0n) is 10.7. The van der Waals surface area contributed by atoms with Gasteiger partial charge in [-0.1, -0.05) is 6.08 Å². The number of carbonyl (C=O) groups is 1. The molecule has 1 aromatic heterocycles. The van der Waals surface area contributed by atoms with E-state index in [1.54, 1.807) is 19.1 Å².